The molecule has 1 atom stereocenters. The van der Waals surface area contributed by atoms with Gasteiger partial charge in [0.1, 0.15) is 17.0 Å². The van der Waals surface area contributed by atoms with E-state index in [9.17, 15) is 10.2 Å². The number of hydrogen-bond acceptors (Lipinski definition) is 4. The molecule has 1 saturated carbocycles. The van der Waals surface area contributed by atoms with Crippen molar-refractivity contribution in [3.8, 4) is 11.5 Å². The van der Waals surface area contributed by atoms with Crippen LogP contribution in [0.1, 0.15) is 37.3 Å². The third kappa shape index (κ3) is 2.13. The predicted octanol–water partition coefficient (Wildman–Crippen LogP) is 4.99. The van der Waals surface area contributed by atoms with Gasteiger partial charge in [0.2, 0.25) is 0 Å². The number of rotatable bonds is 3. The van der Waals surface area contributed by atoms with Crippen LogP contribution in [0.2, 0.25) is 0 Å². The highest BCUT2D eigenvalue weighted by molar-refractivity contribution is 5.72. The molecule has 0 radical (unpaired) electrons. The van der Waals surface area contributed by atoms with Gasteiger partial charge in [0, 0.05) is 5.56 Å². The van der Waals surface area contributed by atoms with Gasteiger partial charge in [0.15, 0.2) is 0 Å². The zero-order valence-electron chi connectivity index (χ0n) is 13.6. The Kier molecular flexibility index (Phi) is 3.41. The molecule has 2 aromatic carbocycles. The van der Waals surface area contributed by atoms with Gasteiger partial charge >= 0.3 is 0 Å². The minimum absolute atomic E-state index is 0.246. The highest BCUT2D eigenvalue weighted by Gasteiger charge is 2.48. The lowest BCUT2D eigenvalue weighted by atomic mass is 9.64. The summed E-state index contributed by atoms with van der Waals surface area (Å²) in [5, 5.41) is 28.4. The largest absolute Gasteiger partial charge is 0.508 e. The number of phenols is 2. The van der Waals surface area contributed by atoms with E-state index in [1.54, 1.807) is 24.3 Å². The van der Waals surface area contributed by atoms with Crippen molar-refractivity contribution >= 4 is 5.70 Å². The molecule has 0 spiro atoms. The molecule has 1 heterocycles. The maximum absolute atomic E-state index is 9.63. The van der Waals surface area contributed by atoms with Gasteiger partial charge in [-0.05, 0) is 73.2 Å². The summed E-state index contributed by atoms with van der Waals surface area (Å²) in [4.78, 5) is 0. The maximum atomic E-state index is 9.63. The van der Waals surface area contributed by atoms with E-state index in [1.165, 1.54) is 6.42 Å². The number of phenolic OH excluding ortho intramolecular Hbond substituents is 2. The molecule has 2 aromatic rings. The lowest BCUT2D eigenvalue weighted by Crippen LogP contribution is -2.37. The second kappa shape index (κ2) is 5.48. The van der Waals surface area contributed by atoms with Crippen LogP contribution in [0.3, 0.4) is 0 Å². The molecular formula is C20H20N2O2. The highest BCUT2D eigenvalue weighted by Crippen LogP contribution is 2.54. The van der Waals surface area contributed by atoms with Crippen LogP contribution in [0, 0.1) is 5.92 Å². The number of hydrogen-bond donors (Lipinski definition) is 2. The molecule has 24 heavy (non-hydrogen) atoms. The summed E-state index contributed by atoms with van der Waals surface area (Å²) in [6, 6.07) is 14.5. The summed E-state index contributed by atoms with van der Waals surface area (Å²) >= 11 is 0. The van der Waals surface area contributed by atoms with Crippen LogP contribution in [-0.4, -0.2) is 10.2 Å². The molecule has 4 nitrogen and oxygen atoms in total. The Hall–Kier alpha value is -2.62. The molecule has 2 aliphatic rings. The van der Waals surface area contributed by atoms with E-state index in [0.717, 1.165) is 35.2 Å². The Morgan fingerprint density at radius 3 is 2.04 bits per heavy atom. The first-order valence-electron chi connectivity index (χ1n) is 8.34. The molecule has 0 amide bonds. The van der Waals surface area contributed by atoms with Crippen molar-refractivity contribution in [1.29, 1.82) is 0 Å². The van der Waals surface area contributed by atoms with Crippen molar-refractivity contribution in [2.75, 3.05) is 0 Å². The Labute approximate surface area is 141 Å². The third-order valence-electron chi connectivity index (χ3n) is 5.38. The average molecular weight is 320 g/mol. The van der Waals surface area contributed by atoms with Crippen LogP contribution >= 0.6 is 0 Å². The van der Waals surface area contributed by atoms with Gasteiger partial charge in [0.25, 0.3) is 0 Å². The Balaban J connectivity index is 1.84. The number of aromatic hydroxyl groups is 2. The van der Waals surface area contributed by atoms with Crippen molar-refractivity contribution in [3.63, 3.8) is 0 Å². The van der Waals surface area contributed by atoms with Gasteiger partial charge in [-0.25, -0.2) is 0 Å². The fourth-order valence-corrected chi connectivity index (χ4v) is 3.79. The molecule has 2 N–H and O–H groups in total. The number of benzene rings is 2. The third-order valence-corrected chi connectivity index (χ3v) is 5.38. The highest BCUT2D eigenvalue weighted by atomic mass is 16.3. The molecular weight excluding hydrogens is 300 g/mol. The van der Waals surface area contributed by atoms with Gasteiger partial charge in [-0.15, -0.1) is 0 Å². The van der Waals surface area contributed by atoms with Gasteiger partial charge < -0.3 is 10.2 Å². The predicted molar refractivity (Wildman–Crippen MR) is 92.7 cm³/mol. The standard InChI is InChI=1S/C20H20N2O2/c1-13-19(14-5-9-17(23)10-6-14)21-22-20(13,15-3-2-4-15)16-7-11-18(24)12-8-16/h5-12,15,23-24H,2-4H2,1H3. The Morgan fingerprint density at radius 2 is 1.50 bits per heavy atom. The SMILES string of the molecule is CC1=C(c2ccc(O)cc2)N=NC1(c1ccc(O)cc1)C1CCC1. The summed E-state index contributed by atoms with van der Waals surface area (Å²) < 4.78 is 0. The van der Waals surface area contributed by atoms with Crippen molar-refractivity contribution in [2.45, 2.75) is 31.7 Å². The molecule has 4 heteroatoms. The van der Waals surface area contributed by atoms with E-state index in [4.69, 9.17) is 5.11 Å². The van der Waals surface area contributed by atoms with Crippen molar-refractivity contribution in [3.05, 3.63) is 65.2 Å². The molecule has 1 aliphatic heterocycles. The van der Waals surface area contributed by atoms with E-state index in [1.807, 2.05) is 24.3 Å². The second-order valence-electron chi connectivity index (χ2n) is 6.66. The normalized spacial score (nSPS) is 23.5. The topological polar surface area (TPSA) is 65.2 Å². The van der Waals surface area contributed by atoms with E-state index < -0.39 is 5.54 Å². The smallest absolute Gasteiger partial charge is 0.133 e. The minimum atomic E-state index is -0.431. The van der Waals surface area contributed by atoms with Crippen LogP contribution < -0.4 is 0 Å². The zero-order chi connectivity index (χ0) is 16.7. The average Bonchev–Trinajstić information content (AvgIpc) is 2.86. The monoisotopic (exact) mass is 320 g/mol. The molecule has 0 aromatic heterocycles. The molecule has 0 saturated heterocycles. The summed E-state index contributed by atoms with van der Waals surface area (Å²) in [5.74, 6) is 0.953. The first kappa shape index (κ1) is 14.9. The van der Waals surface area contributed by atoms with Crippen LogP contribution in [0.5, 0.6) is 11.5 Å². The maximum Gasteiger partial charge on any atom is 0.133 e. The molecule has 122 valence electrons. The van der Waals surface area contributed by atoms with E-state index in [0.29, 0.717) is 5.92 Å². The molecule has 4 rings (SSSR count). The van der Waals surface area contributed by atoms with Gasteiger partial charge in [0.05, 0.1) is 5.70 Å². The van der Waals surface area contributed by atoms with Gasteiger partial charge in [-0.2, -0.15) is 10.2 Å². The van der Waals surface area contributed by atoms with Crippen LogP contribution in [0.15, 0.2) is 64.3 Å². The lowest BCUT2D eigenvalue weighted by molar-refractivity contribution is 0.198. The van der Waals surface area contributed by atoms with Gasteiger partial charge in [-0.3, -0.25) is 0 Å². The van der Waals surface area contributed by atoms with Crippen LogP contribution in [0.4, 0.5) is 0 Å². The molecule has 1 aliphatic carbocycles. The second-order valence-corrected chi connectivity index (χ2v) is 6.66. The molecule has 0 bridgehead atoms. The number of nitrogens with zero attached hydrogens (tertiary/aromatic N) is 2. The number of azo groups is 1. The van der Waals surface area contributed by atoms with Crippen LogP contribution in [0.25, 0.3) is 5.70 Å². The first-order chi connectivity index (χ1) is 11.6. The van der Waals surface area contributed by atoms with E-state index in [2.05, 4.69) is 12.0 Å². The van der Waals surface area contributed by atoms with Gasteiger partial charge in [-0.1, -0.05) is 18.6 Å². The molecule has 1 unspecified atom stereocenters. The fourth-order valence-electron chi connectivity index (χ4n) is 3.79. The summed E-state index contributed by atoms with van der Waals surface area (Å²) in [6.07, 6.45) is 3.50. The van der Waals surface area contributed by atoms with Crippen molar-refractivity contribution < 1.29 is 10.2 Å². The van der Waals surface area contributed by atoms with Crippen LogP contribution in [-0.2, 0) is 5.54 Å². The van der Waals surface area contributed by atoms with Crippen molar-refractivity contribution in [1.82, 2.24) is 0 Å². The molecule has 1 fully saturated rings. The minimum Gasteiger partial charge on any atom is -0.508 e. The first-order valence-corrected chi connectivity index (χ1v) is 8.34. The van der Waals surface area contributed by atoms with Crippen molar-refractivity contribution in [2.24, 2.45) is 16.1 Å². The quantitative estimate of drug-likeness (QED) is 0.836. The van der Waals surface area contributed by atoms with E-state index >= 15 is 0 Å². The summed E-state index contributed by atoms with van der Waals surface area (Å²) in [7, 11) is 0. The summed E-state index contributed by atoms with van der Waals surface area (Å²) in [5.41, 5.74) is 3.65. The summed E-state index contributed by atoms with van der Waals surface area (Å²) in [6.45, 7) is 2.10. The Bertz CT molecular complexity index is 818. The lowest BCUT2D eigenvalue weighted by Gasteiger charge is -2.41. The van der Waals surface area contributed by atoms with E-state index in [-0.39, 0.29) is 11.5 Å². The fraction of sp³-hybridized carbons (Fsp3) is 0.300. The Morgan fingerprint density at radius 1 is 0.917 bits per heavy atom. The zero-order valence-corrected chi connectivity index (χ0v) is 13.6.